The number of aliphatic imine (C=N–C) groups is 1. The molecule has 0 amide bonds. The average Bonchev–Trinajstić information content (AvgIpc) is 2.42. The minimum Gasteiger partial charge on any atom is -0.357 e. The van der Waals surface area contributed by atoms with Crippen LogP contribution in [0.1, 0.15) is 47.0 Å². The molecule has 0 fully saturated rings. The van der Waals surface area contributed by atoms with Crippen LogP contribution in [0.5, 0.6) is 0 Å². The minimum atomic E-state index is 0.392. The van der Waals surface area contributed by atoms with Crippen LogP contribution in [0, 0.1) is 17.2 Å². The molecule has 0 aliphatic heterocycles. The Morgan fingerprint density at radius 1 is 1.32 bits per heavy atom. The first-order valence-electron chi connectivity index (χ1n) is 7.18. The monoisotopic (exact) mass is 261 g/mol. The second kappa shape index (κ2) is 10.4. The van der Waals surface area contributed by atoms with Gasteiger partial charge in [-0.2, -0.15) is 5.26 Å². The number of nitrogens with zero attached hydrogens (tertiary/aromatic N) is 3. The molecule has 0 heterocycles. The Balaban J connectivity index is 5.12. The van der Waals surface area contributed by atoms with Crippen molar-refractivity contribution in [1.29, 1.82) is 5.26 Å². The summed E-state index contributed by atoms with van der Waals surface area (Å²) in [5.41, 5.74) is 0.392. The lowest BCUT2D eigenvalue weighted by molar-refractivity contribution is 0.338. The topological polar surface area (TPSA) is 39.4 Å². The molecule has 0 aromatic carbocycles. The molecule has 0 aliphatic rings. The van der Waals surface area contributed by atoms with Gasteiger partial charge < -0.3 is 4.90 Å². The lowest BCUT2D eigenvalue weighted by Crippen LogP contribution is -2.24. The molecule has 0 aromatic rings. The summed E-state index contributed by atoms with van der Waals surface area (Å²) in [4.78, 5) is 6.74. The highest BCUT2D eigenvalue weighted by atomic mass is 15.2. The molecule has 0 aromatic heterocycles. The van der Waals surface area contributed by atoms with Crippen LogP contribution in [0.2, 0.25) is 0 Å². The van der Waals surface area contributed by atoms with Crippen LogP contribution in [0.15, 0.2) is 29.0 Å². The van der Waals surface area contributed by atoms with Gasteiger partial charge in [-0.15, -0.1) is 0 Å². The van der Waals surface area contributed by atoms with E-state index >= 15 is 0 Å². The second-order valence-corrected chi connectivity index (χ2v) is 4.79. The molecule has 0 spiro atoms. The van der Waals surface area contributed by atoms with E-state index in [4.69, 9.17) is 5.26 Å². The molecule has 0 rings (SSSR count). The van der Waals surface area contributed by atoms with Crippen molar-refractivity contribution in [2.45, 2.75) is 47.0 Å². The largest absolute Gasteiger partial charge is 0.357 e. The number of hydrogen-bond donors (Lipinski definition) is 0. The molecule has 0 N–H and O–H groups in total. The van der Waals surface area contributed by atoms with E-state index < -0.39 is 0 Å². The predicted molar refractivity (Wildman–Crippen MR) is 82.9 cm³/mol. The molecule has 3 heteroatoms. The fraction of sp³-hybridized carbons (Fsp3) is 0.625. The second-order valence-electron chi connectivity index (χ2n) is 4.79. The average molecular weight is 261 g/mol. The van der Waals surface area contributed by atoms with Crippen molar-refractivity contribution in [3.8, 4) is 6.07 Å². The molecular formula is C16H27N3. The van der Waals surface area contributed by atoms with Crippen molar-refractivity contribution in [2.75, 3.05) is 13.1 Å². The van der Waals surface area contributed by atoms with Crippen LogP contribution in [-0.2, 0) is 0 Å². The maximum atomic E-state index is 8.75. The maximum absolute atomic E-state index is 8.75. The molecule has 19 heavy (non-hydrogen) atoms. The molecule has 106 valence electrons. The summed E-state index contributed by atoms with van der Waals surface area (Å²) in [5.74, 6) is 1.45. The molecule has 0 radical (unpaired) electrons. The van der Waals surface area contributed by atoms with Gasteiger partial charge in [0.1, 0.15) is 11.9 Å². The third kappa shape index (κ3) is 7.46. The van der Waals surface area contributed by atoms with Crippen LogP contribution < -0.4 is 0 Å². The van der Waals surface area contributed by atoms with Crippen LogP contribution in [0.3, 0.4) is 0 Å². The summed E-state index contributed by atoms with van der Waals surface area (Å²) in [6.45, 7) is 14.3. The van der Waals surface area contributed by atoms with E-state index in [1.54, 1.807) is 6.21 Å². The molecule has 1 unspecified atom stereocenters. The zero-order chi connectivity index (χ0) is 14.7. The Morgan fingerprint density at radius 2 is 1.89 bits per heavy atom. The summed E-state index contributed by atoms with van der Waals surface area (Å²) in [6, 6.07) is 2.00. The molecule has 3 nitrogen and oxygen atoms in total. The van der Waals surface area contributed by atoms with Gasteiger partial charge in [-0.3, -0.25) is 0 Å². The van der Waals surface area contributed by atoms with Gasteiger partial charge in [-0.1, -0.05) is 34.3 Å². The number of nitriles is 1. The van der Waals surface area contributed by atoms with E-state index in [1.165, 1.54) is 0 Å². The minimum absolute atomic E-state index is 0.392. The van der Waals surface area contributed by atoms with E-state index in [-0.39, 0.29) is 0 Å². The number of hydrogen-bond acceptors (Lipinski definition) is 3. The van der Waals surface area contributed by atoms with Crippen molar-refractivity contribution in [3.63, 3.8) is 0 Å². The smallest absolute Gasteiger partial charge is 0.124 e. The highest BCUT2D eigenvalue weighted by Crippen LogP contribution is 2.14. The van der Waals surface area contributed by atoms with E-state index in [2.05, 4.69) is 50.2 Å². The van der Waals surface area contributed by atoms with Crippen molar-refractivity contribution in [2.24, 2.45) is 10.9 Å². The number of allylic oxidation sites excluding steroid dienone is 2. The standard InChI is InChI=1S/C16H27N3/c1-6-9-19(10-7-2)16(11-14(4)8-3)18-13-15(5)12-17/h11,13-14H,5-10H2,1-4H3/b16-11+,18-13-. The van der Waals surface area contributed by atoms with Gasteiger partial charge in [-0.25, -0.2) is 4.99 Å². The normalized spacial score (nSPS) is 13.3. The third-order valence-corrected chi connectivity index (χ3v) is 2.88. The summed E-state index contributed by atoms with van der Waals surface area (Å²) < 4.78 is 0. The van der Waals surface area contributed by atoms with Gasteiger partial charge in [0, 0.05) is 19.3 Å². The SMILES string of the molecule is C=C(C#N)/C=N\C(=C/C(C)CC)N(CCC)CCC. The van der Waals surface area contributed by atoms with E-state index in [0.29, 0.717) is 11.5 Å². The van der Waals surface area contributed by atoms with Gasteiger partial charge in [0.2, 0.25) is 0 Å². The first-order chi connectivity index (χ1) is 9.08. The quantitative estimate of drug-likeness (QED) is 0.462. The Labute approximate surface area is 118 Å². The maximum Gasteiger partial charge on any atom is 0.124 e. The van der Waals surface area contributed by atoms with Gasteiger partial charge >= 0.3 is 0 Å². The molecule has 0 saturated carbocycles. The summed E-state index contributed by atoms with van der Waals surface area (Å²) in [6.07, 6.45) is 7.02. The molecule has 0 aliphatic carbocycles. The molecule has 0 saturated heterocycles. The molecule has 0 bridgehead atoms. The van der Waals surface area contributed by atoms with Gasteiger partial charge in [-0.05, 0) is 31.3 Å². The highest BCUT2D eigenvalue weighted by molar-refractivity contribution is 5.83. The summed E-state index contributed by atoms with van der Waals surface area (Å²) in [7, 11) is 0. The van der Waals surface area contributed by atoms with E-state index in [9.17, 15) is 0 Å². The van der Waals surface area contributed by atoms with Crippen LogP contribution in [0.25, 0.3) is 0 Å². The van der Waals surface area contributed by atoms with E-state index in [0.717, 1.165) is 38.2 Å². The van der Waals surface area contributed by atoms with Gasteiger partial charge in [0.05, 0.1) is 5.57 Å². The highest BCUT2D eigenvalue weighted by Gasteiger charge is 2.08. The van der Waals surface area contributed by atoms with Gasteiger partial charge in [0.15, 0.2) is 0 Å². The lowest BCUT2D eigenvalue weighted by atomic mass is 10.1. The van der Waals surface area contributed by atoms with Crippen LogP contribution >= 0.6 is 0 Å². The van der Waals surface area contributed by atoms with Gasteiger partial charge in [0.25, 0.3) is 0 Å². The van der Waals surface area contributed by atoms with Crippen LogP contribution in [0.4, 0.5) is 0 Å². The van der Waals surface area contributed by atoms with Crippen molar-refractivity contribution < 1.29 is 0 Å². The molecular weight excluding hydrogens is 234 g/mol. The number of rotatable bonds is 9. The zero-order valence-corrected chi connectivity index (χ0v) is 12.8. The predicted octanol–water partition coefficient (Wildman–Crippen LogP) is 4.15. The first kappa shape index (κ1) is 17.4. The summed E-state index contributed by atoms with van der Waals surface area (Å²) >= 11 is 0. The zero-order valence-electron chi connectivity index (χ0n) is 12.8. The fourth-order valence-corrected chi connectivity index (χ4v) is 1.66. The van der Waals surface area contributed by atoms with Crippen LogP contribution in [-0.4, -0.2) is 24.2 Å². The Bertz CT molecular complexity index is 355. The lowest BCUT2D eigenvalue weighted by Gasteiger charge is -2.24. The summed E-state index contributed by atoms with van der Waals surface area (Å²) in [5, 5.41) is 8.75. The van der Waals surface area contributed by atoms with Crippen molar-refractivity contribution in [3.05, 3.63) is 24.0 Å². The fourth-order valence-electron chi connectivity index (χ4n) is 1.66. The first-order valence-corrected chi connectivity index (χ1v) is 7.18. The van der Waals surface area contributed by atoms with Crippen molar-refractivity contribution >= 4 is 6.21 Å². The van der Waals surface area contributed by atoms with E-state index in [1.807, 2.05) is 6.07 Å². The Kier molecular flexibility index (Phi) is 9.52. The Hall–Kier alpha value is -1.56. The Morgan fingerprint density at radius 3 is 2.32 bits per heavy atom. The van der Waals surface area contributed by atoms with Crippen molar-refractivity contribution in [1.82, 2.24) is 4.90 Å². The third-order valence-electron chi connectivity index (χ3n) is 2.88. The molecule has 1 atom stereocenters.